The fourth-order valence-corrected chi connectivity index (χ4v) is 2.54. The van der Waals surface area contributed by atoms with Crippen molar-refractivity contribution >= 4 is 5.91 Å². The first-order chi connectivity index (χ1) is 9.49. The molecule has 1 aromatic carbocycles. The molecule has 1 fully saturated rings. The minimum Gasteiger partial charge on any atom is -0.339 e. The van der Waals surface area contributed by atoms with Crippen LogP contribution in [0, 0.1) is 17.6 Å². The molecule has 0 radical (unpaired) electrons. The minimum absolute atomic E-state index is 0.0325. The molecule has 0 spiro atoms. The molecule has 1 heterocycles. The predicted octanol–water partition coefficient (Wildman–Crippen LogP) is 2.48. The molecule has 1 aliphatic rings. The second-order valence-electron chi connectivity index (χ2n) is 5.41. The van der Waals surface area contributed by atoms with Gasteiger partial charge in [-0.3, -0.25) is 4.79 Å². The third-order valence-electron chi connectivity index (χ3n) is 4.01. The Labute approximate surface area is 118 Å². The third kappa shape index (κ3) is 3.33. The summed E-state index contributed by atoms with van der Waals surface area (Å²) in [5, 5.41) is 3.21. The van der Waals surface area contributed by atoms with Crippen molar-refractivity contribution in [1.29, 1.82) is 0 Å². The van der Waals surface area contributed by atoms with E-state index in [1.54, 1.807) is 14.0 Å². The van der Waals surface area contributed by atoms with E-state index in [0.717, 1.165) is 37.7 Å². The van der Waals surface area contributed by atoms with E-state index in [4.69, 9.17) is 0 Å². The quantitative estimate of drug-likeness (QED) is 0.920. The van der Waals surface area contributed by atoms with Gasteiger partial charge in [0.2, 0.25) is 5.91 Å². The molecular formula is C15H20F2N2O. The molecule has 0 bridgehead atoms. The van der Waals surface area contributed by atoms with Gasteiger partial charge >= 0.3 is 0 Å². The first-order valence-electron chi connectivity index (χ1n) is 6.90. The van der Waals surface area contributed by atoms with Crippen molar-refractivity contribution in [2.45, 2.75) is 25.8 Å². The van der Waals surface area contributed by atoms with E-state index in [-0.39, 0.29) is 11.5 Å². The van der Waals surface area contributed by atoms with Crippen LogP contribution in [0.3, 0.4) is 0 Å². The predicted molar refractivity (Wildman–Crippen MR) is 73.1 cm³/mol. The molecule has 2 atom stereocenters. The third-order valence-corrected chi connectivity index (χ3v) is 4.01. The van der Waals surface area contributed by atoms with E-state index in [1.165, 1.54) is 4.90 Å². The molecule has 2 rings (SSSR count). The first kappa shape index (κ1) is 14.9. The van der Waals surface area contributed by atoms with Crippen molar-refractivity contribution in [2.75, 3.05) is 20.1 Å². The molecule has 0 aromatic heterocycles. The lowest BCUT2D eigenvalue weighted by atomic mass is 10.0. The molecule has 0 aliphatic carbocycles. The number of nitrogens with one attached hydrogen (secondary N) is 1. The fraction of sp³-hybridized carbons (Fsp3) is 0.533. The van der Waals surface area contributed by atoms with Gasteiger partial charge in [0.25, 0.3) is 0 Å². The highest BCUT2D eigenvalue weighted by molar-refractivity contribution is 5.76. The van der Waals surface area contributed by atoms with Gasteiger partial charge < -0.3 is 10.2 Å². The maximum Gasteiger partial charge on any atom is 0.223 e. The van der Waals surface area contributed by atoms with Gasteiger partial charge in [-0.2, -0.15) is 0 Å². The maximum atomic E-state index is 13.7. The molecule has 1 aliphatic heterocycles. The van der Waals surface area contributed by atoms with Gasteiger partial charge in [-0.25, -0.2) is 8.78 Å². The van der Waals surface area contributed by atoms with Crippen LogP contribution in [0.25, 0.3) is 0 Å². The summed E-state index contributed by atoms with van der Waals surface area (Å²) in [6.45, 7) is 3.50. The molecule has 1 saturated heterocycles. The number of benzene rings is 1. The van der Waals surface area contributed by atoms with E-state index in [9.17, 15) is 13.6 Å². The number of halogens is 2. The average Bonchev–Trinajstić information content (AvgIpc) is 2.92. The molecular weight excluding hydrogens is 262 g/mol. The molecule has 0 saturated carbocycles. The zero-order valence-electron chi connectivity index (χ0n) is 11.8. The summed E-state index contributed by atoms with van der Waals surface area (Å²) >= 11 is 0. The number of carbonyl (C=O) groups is 1. The van der Waals surface area contributed by atoms with E-state index in [1.807, 2.05) is 0 Å². The Morgan fingerprint density at radius 3 is 2.90 bits per heavy atom. The lowest BCUT2D eigenvalue weighted by Gasteiger charge is -2.26. The standard InChI is InChI=1S/C15H20F2N2O/c1-10(13-8-12(16)3-4-14(13)17)19(2)15(20)7-11-5-6-18-9-11/h3-4,8,10-11,18H,5-7,9H2,1-2H3/t10-,11-/m1/s1. The van der Waals surface area contributed by atoms with Crippen molar-refractivity contribution in [3.8, 4) is 0 Å². The molecule has 1 N–H and O–H groups in total. The Balaban J connectivity index is 2.05. The van der Waals surface area contributed by atoms with Gasteiger partial charge in [-0.15, -0.1) is 0 Å². The second kappa shape index (κ2) is 6.31. The van der Waals surface area contributed by atoms with Crippen LogP contribution in [-0.4, -0.2) is 30.9 Å². The van der Waals surface area contributed by atoms with Gasteiger partial charge in [0.15, 0.2) is 0 Å². The number of carbonyl (C=O) groups excluding carboxylic acids is 1. The van der Waals surface area contributed by atoms with Crippen molar-refractivity contribution in [3.05, 3.63) is 35.4 Å². The molecule has 3 nitrogen and oxygen atoms in total. The van der Waals surface area contributed by atoms with E-state index < -0.39 is 17.7 Å². The number of nitrogens with zero attached hydrogens (tertiary/aromatic N) is 1. The van der Waals surface area contributed by atoms with Crippen molar-refractivity contribution in [1.82, 2.24) is 10.2 Å². The smallest absolute Gasteiger partial charge is 0.223 e. The summed E-state index contributed by atoms with van der Waals surface area (Å²) in [4.78, 5) is 13.7. The SMILES string of the molecule is C[C@H](c1cc(F)ccc1F)N(C)C(=O)C[C@H]1CCNC1. The van der Waals surface area contributed by atoms with Gasteiger partial charge in [0.1, 0.15) is 11.6 Å². The summed E-state index contributed by atoms with van der Waals surface area (Å²) in [5.74, 6) is -0.667. The molecule has 5 heteroatoms. The van der Waals surface area contributed by atoms with Crippen molar-refractivity contribution in [2.24, 2.45) is 5.92 Å². The minimum atomic E-state index is -0.492. The summed E-state index contributed by atoms with van der Waals surface area (Å²) in [6, 6.07) is 2.85. The molecule has 20 heavy (non-hydrogen) atoms. The number of amides is 1. The zero-order chi connectivity index (χ0) is 14.7. The van der Waals surface area contributed by atoms with Crippen molar-refractivity contribution < 1.29 is 13.6 Å². The molecule has 1 amide bonds. The molecule has 1 aromatic rings. The van der Waals surface area contributed by atoms with E-state index in [2.05, 4.69) is 5.32 Å². The highest BCUT2D eigenvalue weighted by Gasteiger charge is 2.24. The topological polar surface area (TPSA) is 32.3 Å². The van der Waals surface area contributed by atoms with E-state index in [0.29, 0.717) is 12.3 Å². The zero-order valence-corrected chi connectivity index (χ0v) is 11.8. The Morgan fingerprint density at radius 2 is 2.25 bits per heavy atom. The monoisotopic (exact) mass is 282 g/mol. The normalized spacial score (nSPS) is 19.9. The van der Waals surface area contributed by atoms with Gasteiger partial charge in [0, 0.05) is 19.0 Å². The Morgan fingerprint density at radius 1 is 1.50 bits per heavy atom. The maximum absolute atomic E-state index is 13.7. The van der Waals surface area contributed by atoms with E-state index >= 15 is 0 Å². The molecule has 0 unspecified atom stereocenters. The lowest BCUT2D eigenvalue weighted by molar-refractivity contribution is -0.132. The van der Waals surface area contributed by atoms with Crippen molar-refractivity contribution in [3.63, 3.8) is 0 Å². The second-order valence-corrected chi connectivity index (χ2v) is 5.41. The van der Waals surface area contributed by atoms with Crippen LogP contribution in [0.5, 0.6) is 0 Å². The average molecular weight is 282 g/mol. The lowest BCUT2D eigenvalue weighted by Crippen LogP contribution is -2.32. The van der Waals surface area contributed by atoms with Crippen LogP contribution in [0.1, 0.15) is 31.4 Å². The fourth-order valence-electron chi connectivity index (χ4n) is 2.54. The molecule has 110 valence electrons. The highest BCUT2D eigenvalue weighted by Crippen LogP contribution is 2.24. The number of rotatable bonds is 4. The Hall–Kier alpha value is -1.49. The van der Waals surface area contributed by atoms with Crippen LogP contribution in [0.4, 0.5) is 8.78 Å². The largest absolute Gasteiger partial charge is 0.339 e. The Bertz CT molecular complexity index is 487. The highest BCUT2D eigenvalue weighted by atomic mass is 19.1. The summed E-state index contributed by atoms with van der Waals surface area (Å²) in [7, 11) is 1.64. The summed E-state index contributed by atoms with van der Waals surface area (Å²) < 4.78 is 27.0. The number of hydrogen-bond acceptors (Lipinski definition) is 2. The van der Waals surface area contributed by atoms with Crippen LogP contribution in [0.2, 0.25) is 0 Å². The van der Waals surface area contributed by atoms with Gasteiger partial charge in [0.05, 0.1) is 6.04 Å². The first-order valence-corrected chi connectivity index (χ1v) is 6.90. The van der Waals surface area contributed by atoms with Crippen LogP contribution >= 0.6 is 0 Å². The summed E-state index contributed by atoms with van der Waals surface area (Å²) in [6.07, 6.45) is 1.44. The summed E-state index contributed by atoms with van der Waals surface area (Å²) in [5.41, 5.74) is 0.213. The number of hydrogen-bond donors (Lipinski definition) is 1. The van der Waals surface area contributed by atoms with Gasteiger partial charge in [-0.05, 0) is 50.6 Å². The van der Waals surface area contributed by atoms with Crippen LogP contribution in [0.15, 0.2) is 18.2 Å². The van der Waals surface area contributed by atoms with Crippen LogP contribution in [-0.2, 0) is 4.79 Å². The van der Waals surface area contributed by atoms with Crippen LogP contribution < -0.4 is 5.32 Å². The Kier molecular flexibility index (Phi) is 4.70. The van der Waals surface area contributed by atoms with Gasteiger partial charge in [-0.1, -0.05) is 0 Å².